The van der Waals surface area contributed by atoms with Crippen molar-refractivity contribution in [1.82, 2.24) is 4.90 Å². The first-order chi connectivity index (χ1) is 19.4. The molecule has 2 aliphatic heterocycles. The van der Waals surface area contributed by atoms with E-state index in [2.05, 4.69) is 11.1 Å². The van der Waals surface area contributed by atoms with Crippen molar-refractivity contribution in [3.05, 3.63) is 98.9 Å². The Labute approximate surface area is 242 Å². The molecule has 5 rings (SSSR count). The molecular formula is C31H28ClN3O4S. The molecule has 0 saturated carbocycles. The topological polar surface area (TPSA) is 84.2 Å². The van der Waals surface area contributed by atoms with Gasteiger partial charge in [-0.3, -0.25) is 15.1 Å². The number of nitrogens with one attached hydrogen (secondary N) is 1. The molecule has 0 aliphatic carbocycles. The summed E-state index contributed by atoms with van der Waals surface area (Å²) in [5.41, 5.74) is 4.71. The zero-order chi connectivity index (χ0) is 28.2. The molecule has 0 spiro atoms. The van der Waals surface area contributed by atoms with E-state index in [1.165, 1.54) is 17.3 Å². The number of hydrogen-bond donors (Lipinski definition) is 1. The summed E-state index contributed by atoms with van der Waals surface area (Å²) < 4.78 is 17.7. The Morgan fingerprint density at radius 3 is 2.52 bits per heavy atom. The fraction of sp³-hybridized carbons (Fsp3) is 0.194. The second-order valence-electron chi connectivity index (χ2n) is 9.16. The van der Waals surface area contributed by atoms with E-state index in [0.29, 0.717) is 40.5 Å². The number of carbonyl (C=O) groups excluding carboxylic acids is 1. The Hall–Kier alpha value is -4.01. The Bertz CT molecular complexity index is 1570. The predicted octanol–water partition coefficient (Wildman–Crippen LogP) is 7.12. The lowest BCUT2D eigenvalue weighted by molar-refractivity contribution is -0.114. The minimum Gasteiger partial charge on any atom is -0.490 e. The van der Waals surface area contributed by atoms with Gasteiger partial charge in [0.25, 0.3) is 5.91 Å². The van der Waals surface area contributed by atoms with Gasteiger partial charge in [-0.2, -0.15) is 4.99 Å². The summed E-state index contributed by atoms with van der Waals surface area (Å²) in [6, 6.07) is 19.2. The summed E-state index contributed by atoms with van der Waals surface area (Å²) >= 11 is 7.95. The van der Waals surface area contributed by atoms with Crippen LogP contribution in [0, 0.1) is 19.3 Å². The average Bonchev–Trinajstić information content (AvgIpc) is 3.36. The molecule has 9 heteroatoms. The summed E-state index contributed by atoms with van der Waals surface area (Å²) in [7, 11) is 0. The molecule has 40 heavy (non-hydrogen) atoms. The third-order valence-electron chi connectivity index (χ3n) is 6.24. The molecule has 2 heterocycles. The van der Waals surface area contributed by atoms with Gasteiger partial charge in [-0.05, 0) is 61.7 Å². The fourth-order valence-corrected chi connectivity index (χ4v) is 5.57. The van der Waals surface area contributed by atoms with Gasteiger partial charge in [-0.1, -0.05) is 71.4 Å². The molecule has 0 saturated heterocycles. The van der Waals surface area contributed by atoms with Crippen LogP contribution in [0.15, 0.2) is 76.6 Å². The highest BCUT2D eigenvalue weighted by Gasteiger charge is 2.36. The van der Waals surface area contributed by atoms with E-state index in [1.54, 1.807) is 23.1 Å². The molecule has 0 unspecified atom stereocenters. The van der Waals surface area contributed by atoms with Crippen molar-refractivity contribution in [3.8, 4) is 17.2 Å². The minimum atomic E-state index is -0.482. The van der Waals surface area contributed by atoms with E-state index in [-0.39, 0.29) is 18.0 Å². The van der Waals surface area contributed by atoms with Crippen molar-refractivity contribution in [2.75, 3.05) is 19.8 Å². The summed E-state index contributed by atoms with van der Waals surface area (Å²) in [5, 5.41) is 11.6. The Balaban J connectivity index is 1.35. The molecule has 0 aromatic heterocycles. The number of nitrogens with zero attached hydrogens (tertiary/aromatic N) is 2. The molecule has 204 valence electrons. The lowest BCUT2D eigenvalue weighted by atomic mass is 10.1. The number of benzene rings is 3. The van der Waals surface area contributed by atoms with Crippen LogP contribution in [-0.4, -0.2) is 41.6 Å². The maximum atomic E-state index is 12.9. The second-order valence-corrected chi connectivity index (χ2v) is 10.4. The quantitative estimate of drug-likeness (QED) is 0.217. The maximum absolute atomic E-state index is 12.9. The van der Waals surface area contributed by atoms with Crippen molar-refractivity contribution in [2.45, 2.75) is 20.8 Å². The summed E-state index contributed by atoms with van der Waals surface area (Å²) in [5.74, 6) is 1.20. The Kier molecular flexibility index (Phi) is 8.28. The largest absolute Gasteiger partial charge is 0.490 e. The van der Waals surface area contributed by atoms with Crippen LogP contribution in [0.5, 0.6) is 17.2 Å². The monoisotopic (exact) mass is 573 g/mol. The van der Waals surface area contributed by atoms with Gasteiger partial charge in [0.1, 0.15) is 24.8 Å². The van der Waals surface area contributed by atoms with Crippen molar-refractivity contribution in [1.29, 1.82) is 5.41 Å². The zero-order valence-corrected chi connectivity index (χ0v) is 23.9. The van der Waals surface area contributed by atoms with Crippen molar-refractivity contribution < 1.29 is 19.0 Å². The number of aliphatic imine (C=N–C) groups is 1. The number of thioether (sulfide) groups is 1. The van der Waals surface area contributed by atoms with E-state index >= 15 is 0 Å². The first-order valence-corrected chi connectivity index (χ1v) is 14.1. The number of aryl methyl sites for hydroxylation is 2. The highest BCUT2D eigenvalue weighted by molar-refractivity contribution is 8.17. The average molecular weight is 574 g/mol. The number of rotatable bonds is 9. The van der Waals surface area contributed by atoms with E-state index in [4.69, 9.17) is 31.2 Å². The molecular weight excluding hydrogens is 546 g/mol. The van der Waals surface area contributed by atoms with Crippen LogP contribution in [0.4, 0.5) is 0 Å². The van der Waals surface area contributed by atoms with E-state index in [1.807, 2.05) is 68.6 Å². The number of amidine groups is 2. The van der Waals surface area contributed by atoms with Gasteiger partial charge >= 0.3 is 0 Å². The Morgan fingerprint density at radius 2 is 1.77 bits per heavy atom. The Morgan fingerprint density at radius 1 is 1.00 bits per heavy atom. The maximum Gasteiger partial charge on any atom is 0.283 e. The van der Waals surface area contributed by atoms with Crippen LogP contribution in [-0.2, 0) is 4.79 Å². The van der Waals surface area contributed by atoms with Gasteiger partial charge in [-0.15, -0.1) is 0 Å². The zero-order valence-electron chi connectivity index (χ0n) is 22.4. The van der Waals surface area contributed by atoms with E-state index < -0.39 is 5.91 Å². The third kappa shape index (κ3) is 5.78. The van der Waals surface area contributed by atoms with Crippen molar-refractivity contribution >= 4 is 52.0 Å². The minimum absolute atomic E-state index is 0.0491. The van der Waals surface area contributed by atoms with Crippen LogP contribution >= 0.6 is 23.4 Å². The number of hydrogen-bond acceptors (Lipinski definition) is 6. The van der Waals surface area contributed by atoms with Crippen LogP contribution < -0.4 is 14.2 Å². The van der Waals surface area contributed by atoms with Gasteiger partial charge in [-0.25, -0.2) is 0 Å². The molecule has 0 atom stereocenters. The molecule has 0 bridgehead atoms. The molecule has 1 N–H and O–H groups in total. The molecule has 3 aromatic rings. The van der Waals surface area contributed by atoms with E-state index in [0.717, 1.165) is 22.6 Å². The van der Waals surface area contributed by atoms with Crippen LogP contribution in [0.2, 0.25) is 5.02 Å². The number of fused-ring (bicyclic) bond motifs is 1. The summed E-state index contributed by atoms with van der Waals surface area (Å²) in [6.45, 7) is 6.89. The van der Waals surface area contributed by atoms with Crippen molar-refractivity contribution in [3.63, 3.8) is 0 Å². The van der Waals surface area contributed by atoms with Gasteiger partial charge in [0.2, 0.25) is 0 Å². The van der Waals surface area contributed by atoms with Crippen LogP contribution in [0.3, 0.4) is 0 Å². The van der Waals surface area contributed by atoms with Gasteiger partial charge in [0.05, 0.1) is 22.9 Å². The number of ether oxygens (including phenoxy) is 3. The lowest BCUT2D eigenvalue weighted by Crippen LogP contribution is -2.38. The molecule has 0 radical (unpaired) electrons. The molecule has 3 aromatic carbocycles. The molecule has 2 aliphatic rings. The number of amides is 1. The van der Waals surface area contributed by atoms with Crippen molar-refractivity contribution in [2.24, 2.45) is 4.99 Å². The summed E-state index contributed by atoms with van der Waals surface area (Å²) in [6.07, 6.45) is 1.61. The number of halogens is 1. The van der Waals surface area contributed by atoms with Crippen LogP contribution in [0.25, 0.3) is 11.8 Å². The fourth-order valence-electron chi connectivity index (χ4n) is 4.41. The highest BCUT2D eigenvalue weighted by Crippen LogP contribution is 2.40. The molecule has 1 amide bonds. The van der Waals surface area contributed by atoms with Gasteiger partial charge in [0.15, 0.2) is 16.7 Å². The smallest absolute Gasteiger partial charge is 0.283 e. The highest BCUT2D eigenvalue weighted by atomic mass is 35.5. The first-order valence-electron chi connectivity index (χ1n) is 12.8. The molecule has 0 fully saturated rings. The van der Waals surface area contributed by atoms with Gasteiger partial charge < -0.3 is 14.2 Å². The predicted molar refractivity (Wildman–Crippen MR) is 162 cm³/mol. The lowest BCUT2D eigenvalue weighted by Gasteiger charge is -2.27. The van der Waals surface area contributed by atoms with Gasteiger partial charge in [0, 0.05) is 5.41 Å². The SMILES string of the molecule is CCOc1cc(/C=C2/C(=N)N3C(c4ccccc4)=CSC3=NC2=O)cc(Cl)c1OCCOc1ccc(C)cc1C. The van der Waals surface area contributed by atoms with E-state index in [9.17, 15) is 4.79 Å². The normalized spacial score (nSPS) is 15.6. The standard InChI is InChI=1S/C31H28ClN3O4S/c1-4-37-27-17-21(16-24(32)28(27)39-13-12-38-26-11-10-19(2)14-20(26)3)15-23-29(33)35-25(22-8-6-5-7-9-22)18-40-31(35)34-30(23)36/h5-11,14-18,33H,4,12-13H2,1-3H3/b23-15-,33-29?. The molecule has 7 nitrogen and oxygen atoms in total. The first kappa shape index (κ1) is 27.6. The second kappa shape index (κ2) is 12.0. The summed E-state index contributed by atoms with van der Waals surface area (Å²) in [4.78, 5) is 18.8. The van der Waals surface area contributed by atoms with Crippen LogP contribution in [0.1, 0.15) is 29.2 Å². The number of carbonyl (C=O) groups is 1. The third-order valence-corrected chi connectivity index (χ3v) is 7.35.